The highest BCUT2D eigenvalue weighted by molar-refractivity contribution is 6.43. The van der Waals surface area contributed by atoms with E-state index in [0.717, 1.165) is 5.56 Å². The number of rotatable bonds is 5. The van der Waals surface area contributed by atoms with E-state index in [2.05, 4.69) is 14.7 Å². The van der Waals surface area contributed by atoms with Crippen LogP contribution in [0.1, 0.15) is 11.1 Å². The summed E-state index contributed by atoms with van der Waals surface area (Å²) < 4.78 is 9.72. The maximum Gasteiger partial charge on any atom is 0.360 e. The van der Waals surface area contributed by atoms with E-state index in [1.54, 1.807) is 13.2 Å². The number of esters is 1. The predicted octanol–water partition coefficient (Wildman–Crippen LogP) is 1.36. The van der Waals surface area contributed by atoms with Crippen LogP contribution in [0.3, 0.4) is 0 Å². The molecule has 92 valence electrons. The molecule has 0 saturated heterocycles. The third-order valence-corrected chi connectivity index (χ3v) is 2.13. The lowest BCUT2D eigenvalue weighted by Gasteiger charge is -2.09. The quantitative estimate of drug-likeness (QED) is 0.441. The number of hydrogen-bond donors (Lipinski definition) is 0. The smallest absolute Gasteiger partial charge is 0.360 e. The van der Waals surface area contributed by atoms with Gasteiger partial charge >= 0.3 is 5.97 Å². The maximum atomic E-state index is 11.6. The highest BCUT2D eigenvalue weighted by Gasteiger charge is 2.18. The summed E-state index contributed by atoms with van der Waals surface area (Å²) in [5, 5.41) is 3.69. The molecule has 0 aliphatic heterocycles. The monoisotopic (exact) mass is 237 g/mol. The van der Waals surface area contributed by atoms with Crippen molar-refractivity contribution in [3.05, 3.63) is 35.4 Å². The lowest BCUT2D eigenvalue weighted by atomic mass is 10.0. The van der Waals surface area contributed by atoms with Crippen molar-refractivity contribution in [2.45, 2.75) is 6.61 Å². The second kappa shape index (κ2) is 6.65. The van der Waals surface area contributed by atoms with Gasteiger partial charge in [0.05, 0.1) is 13.7 Å². The molecule has 0 aromatic heterocycles. The van der Waals surface area contributed by atoms with Gasteiger partial charge in [-0.05, 0) is 5.56 Å². The van der Waals surface area contributed by atoms with Crippen molar-refractivity contribution >= 4 is 11.7 Å². The average Bonchev–Trinajstić information content (AvgIpc) is 2.36. The minimum Gasteiger partial charge on any atom is -0.464 e. The predicted molar refractivity (Wildman–Crippen MR) is 62.7 cm³/mol. The minimum absolute atomic E-state index is 0.127. The number of carbonyl (C=O) groups is 1. The van der Waals surface area contributed by atoms with Crippen LogP contribution in [0.5, 0.6) is 0 Å². The Morgan fingerprint density at radius 1 is 1.24 bits per heavy atom. The molecule has 0 N–H and O–H groups in total. The van der Waals surface area contributed by atoms with Crippen LogP contribution < -0.4 is 0 Å². The Bertz CT molecular complexity index is 415. The highest BCUT2D eigenvalue weighted by atomic mass is 16.6. The van der Waals surface area contributed by atoms with Crippen LogP contribution in [0.15, 0.2) is 29.4 Å². The zero-order valence-corrected chi connectivity index (χ0v) is 10.1. The van der Waals surface area contributed by atoms with Gasteiger partial charge < -0.3 is 14.3 Å². The van der Waals surface area contributed by atoms with E-state index in [0.29, 0.717) is 12.2 Å². The molecule has 1 aromatic carbocycles. The molecular formula is C12H15NO4. The second-order valence-electron chi connectivity index (χ2n) is 3.20. The van der Waals surface area contributed by atoms with Crippen LogP contribution in [0.25, 0.3) is 0 Å². The van der Waals surface area contributed by atoms with Crippen LogP contribution in [-0.4, -0.2) is 33.0 Å². The molecule has 5 nitrogen and oxygen atoms in total. The number of hydrogen-bond acceptors (Lipinski definition) is 5. The first-order valence-electron chi connectivity index (χ1n) is 5.01. The van der Waals surface area contributed by atoms with Crippen molar-refractivity contribution < 1.29 is 19.1 Å². The molecule has 0 radical (unpaired) electrons. The first kappa shape index (κ1) is 13.2. The molecule has 0 fully saturated rings. The molecule has 0 aliphatic carbocycles. The fourth-order valence-electron chi connectivity index (χ4n) is 1.42. The van der Waals surface area contributed by atoms with Crippen molar-refractivity contribution in [2.75, 3.05) is 21.3 Å². The van der Waals surface area contributed by atoms with E-state index in [1.165, 1.54) is 14.2 Å². The van der Waals surface area contributed by atoms with Gasteiger partial charge in [0.15, 0.2) is 5.71 Å². The van der Waals surface area contributed by atoms with Gasteiger partial charge in [-0.3, -0.25) is 0 Å². The molecular weight excluding hydrogens is 222 g/mol. The largest absolute Gasteiger partial charge is 0.464 e. The summed E-state index contributed by atoms with van der Waals surface area (Å²) in [4.78, 5) is 16.2. The fourth-order valence-corrected chi connectivity index (χ4v) is 1.42. The highest BCUT2D eigenvalue weighted by Crippen LogP contribution is 2.12. The number of carbonyl (C=O) groups excluding carboxylic acids is 1. The third-order valence-electron chi connectivity index (χ3n) is 2.13. The lowest BCUT2D eigenvalue weighted by Crippen LogP contribution is -2.19. The van der Waals surface area contributed by atoms with E-state index >= 15 is 0 Å². The van der Waals surface area contributed by atoms with Gasteiger partial charge in [-0.25, -0.2) is 4.79 Å². The summed E-state index contributed by atoms with van der Waals surface area (Å²) in [6.07, 6.45) is 0. The van der Waals surface area contributed by atoms with E-state index in [4.69, 9.17) is 4.74 Å². The molecule has 0 heterocycles. The van der Waals surface area contributed by atoms with Gasteiger partial charge in [-0.1, -0.05) is 29.4 Å². The number of oxime groups is 1. The van der Waals surface area contributed by atoms with E-state index in [-0.39, 0.29) is 5.71 Å². The van der Waals surface area contributed by atoms with Gasteiger partial charge in [0.1, 0.15) is 7.11 Å². The van der Waals surface area contributed by atoms with Gasteiger partial charge in [0.2, 0.25) is 0 Å². The SMILES string of the molecule is COCc1ccccc1/C(=N\OC)C(=O)OC. The Kier molecular flexibility index (Phi) is 5.16. The zero-order chi connectivity index (χ0) is 12.7. The third kappa shape index (κ3) is 3.29. The van der Waals surface area contributed by atoms with E-state index < -0.39 is 5.97 Å². The van der Waals surface area contributed by atoms with Gasteiger partial charge in [-0.2, -0.15) is 0 Å². The topological polar surface area (TPSA) is 57.1 Å². The Labute approximate surface area is 100.0 Å². The van der Waals surface area contributed by atoms with Crippen molar-refractivity contribution in [1.82, 2.24) is 0 Å². The molecule has 0 unspecified atom stereocenters. The number of benzene rings is 1. The first-order chi connectivity index (χ1) is 8.24. The summed E-state index contributed by atoms with van der Waals surface area (Å²) in [5.41, 5.74) is 1.61. The second-order valence-corrected chi connectivity index (χ2v) is 3.20. The molecule has 0 atom stereocenters. The molecule has 17 heavy (non-hydrogen) atoms. The van der Waals surface area contributed by atoms with Gasteiger partial charge in [0.25, 0.3) is 0 Å². The summed E-state index contributed by atoms with van der Waals surface area (Å²) in [6, 6.07) is 7.29. The molecule has 0 amide bonds. The first-order valence-corrected chi connectivity index (χ1v) is 5.01. The molecule has 0 saturated carbocycles. The van der Waals surface area contributed by atoms with Crippen molar-refractivity contribution in [3.8, 4) is 0 Å². The molecule has 5 heteroatoms. The van der Waals surface area contributed by atoms with E-state index in [9.17, 15) is 4.79 Å². The minimum atomic E-state index is -0.546. The van der Waals surface area contributed by atoms with Crippen LogP contribution in [0, 0.1) is 0 Å². The Hall–Kier alpha value is -1.88. The van der Waals surface area contributed by atoms with Crippen LogP contribution in [0.2, 0.25) is 0 Å². The molecule has 1 rings (SSSR count). The van der Waals surface area contributed by atoms with Crippen molar-refractivity contribution in [1.29, 1.82) is 0 Å². The van der Waals surface area contributed by atoms with Gasteiger partial charge in [-0.15, -0.1) is 0 Å². The Morgan fingerprint density at radius 3 is 2.53 bits per heavy atom. The van der Waals surface area contributed by atoms with Crippen molar-refractivity contribution in [2.24, 2.45) is 5.16 Å². The maximum absolute atomic E-state index is 11.6. The molecule has 0 spiro atoms. The normalized spacial score (nSPS) is 11.1. The van der Waals surface area contributed by atoms with Gasteiger partial charge in [0, 0.05) is 12.7 Å². The number of nitrogens with zero attached hydrogens (tertiary/aromatic N) is 1. The summed E-state index contributed by atoms with van der Waals surface area (Å²) in [7, 11) is 4.26. The molecule has 1 aromatic rings. The summed E-state index contributed by atoms with van der Waals surface area (Å²) in [6.45, 7) is 0.385. The number of methoxy groups -OCH3 is 2. The molecule has 0 bridgehead atoms. The number of ether oxygens (including phenoxy) is 2. The zero-order valence-electron chi connectivity index (χ0n) is 10.1. The van der Waals surface area contributed by atoms with Crippen molar-refractivity contribution in [3.63, 3.8) is 0 Å². The van der Waals surface area contributed by atoms with Crippen LogP contribution >= 0.6 is 0 Å². The summed E-state index contributed by atoms with van der Waals surface area (Å²) >= 11 is 0. The lowest BCUT2D eigenvalue weighted by molar-refractivity contribution is -0.132. The fraction of sp³-hybridized carbons (Fsp3) is 0.333. The van der Waals surface area contributed by atoms with E-state index in [1.807, 2.05) is 18.2 Å². The standard InChI is InChI=1S/C12H15NO4/c1-15-8-9-6-4-5-7-10(9)11(13-17-3)12(14)16-2/h4-7H,8H2,1-3H3/b13-11+. The van der Waals surface area contributed by atoms with Crippen LogP contribution in [-0.2, 0) is 25.7 Å². The molecule has 0 aliphatic rings. The summed E-state index contributed by atoms with van der Waals surface area (Å²) in [5.74, 6) is -0.546. The average molecular weight is 237 g/mol. The Balaban J connectivity index is 3.18. The van der Waals surface area contributed by atoms with Crippen LogP contribution in [0.4, 0.5) is 0 Å². The Morgan fingerprint density at radius 2 is 1.94 bits per heavy atom.